The number of carbonyl (C=O) groups is 1. The van der Waals surface area contributed by atoms with E-state index in [4.69, 9.17) is 4.74 Å². The largest absolute Gasteiger partial charge is 0.512 e. The molecule has 0 radical (unpaired) electrons. The van der Waals surface area contributed by atoms with Crippen LogP contribution in [0.5, 0.6) is 0 Å². The quantitative estimate of drug-likeness (QED) is 0.127. The molecule has 0 spiro atoms. The molecule has 292 valence electrons. The highest BCUT2D eigenvalue weighted by molar-refractivity contribution is 5.99. The van der Waals surface area contributed by atoms with Gasteiger partial charge in [0.25, 0.3) is 0 Å². The maximum absolute atomic E-state index is 13.6. The monoisotopic (exact) mass is 729 g/mol. The molecule has 4 saturated carbocycles. The van der Waals surface area contributed by atoms with E-state index in [-0.39, 0.29) is 50.7 Å². The van der Waals surface area contributed by atoms with Crippen molar-refractivity contribution in [2.45, 2.75) is 139 Å². The van der Waals surface area contributed by atoms with Gasteiger partial charge in [0.05, 0.1) is 11.5 Å². The van der Waals surface area contributed by atoms with E-state index in [0.717, 1.165) is 43.6 Å². The topological polar surface area (TPSA) is 70.6 Å². The van der Waals surface area contributed by atoms with Crippen molar-refractivity contribution >= 4 is 11.6 Å². The van der Waals surface area contributed by atoms with E-state index in [9.17, 15) is 14.3 Å². The maximum atomic E-state index is 13.6. The number of benzene rings is 1. The zero-order valence-corrected chi connectivity index (χ0v) is 34.6. The van der Waals surface area contributed by atoms with Crippen LogP contribution in [0.3, 0.4) is 0 Å². The van der Waals surface area contributed by atoms with Crippen molar-refractivity contribution in [1.29, 1.82) is 0 Å². The molecular weight excluding hydrogens is 660 g/mol. The Hall–Kier alpha value is -3.02. The number of allylic oxidation sites excluding steroid dienone is 4. The van der Waals surface area contributed by atoms with Crippen LogP contribution in [0.1, 0.15) is 133 Å². The van der Waals surface area contributed by atoms with Crippen LogP contribution in [0.4, 0.5) is 10.1 Å². The van der Waals surface area contributed by atoms with Crippen molar-refractivity contribution in [3.63, 3.8) is 0 Å². The van der Waals surface area contributed by atoms with E-state index in [0.29, 0.717) is 35.8 Å². The molecule has 1 aromatic rings. The summed E-state index contributed by atoms with van der Waals surface area (Å²) in [6.45, 7) is 29.7. The summed E-state index contributed by atoms with van der Waals surface area (Å²) in [6, 6.07) is 6.00. The minimum absolute atomic E-state index is 0.0149. The lowest BCUT2D eigenvalue weighted by Crippen LogP contribution is -2.67. The molecule has 0 bridgehead atoms. The lowest BCUT2D eigenvalue weighted by molar-refractivity contribution is -0.253. The fourth-order valence-electron chi connectivity index (χ4n) is 13.4. The number of hydrogen-bond donors (Lipinski definition) is 3. The number of rotatable bonds is 10. The molecule has 5 nitrogen and oxygen atoms in total. The highest BCUT2D eigenvalue weighted by Crippen LogP contribution is 2.78. The Balaban J connectivity index is 1.29. The Morgan fingerprint density at radius 3 is 2.26 bits per heavy atom. The van der Waals surface area contributed by atoms with Crippen LogP contribution in [0.25, 0.3) is 0 Å². The normalized spacial score (nSPS) is 36.5. The number of hydrogen-bond acceptors (Lipinski definition) is 4. The highest BCUT2D eigenvalue weighted by Gasteiger charge is 2.71. The fourth-order valence-corrected chi connectivity index (χ4v) is 13.4. The van der Waals surface area contributed by atoms with Crippen LogP contribution in [-0.4, -0.2) is 24.2 Å². The first-order chi connectivity index (χ1) is 24.7. The molecule has 3 N–H and O–H groups in total. The number of aliphatic hydroxyl groups is 1. The van der Waals surface area contributed by atoms with Gasteiger partial charge in [0.2, 0.25) is 5.91 Å². The third kappa shape index (κ3) is 6.21. The minimum Gasteiger partial charge on any atom is -0.512 e. The smallest absolute Gasteiger partial charge is 0.250 e. The first kappa shape index (κ1) is 39.7. The molecule has 53 heavy (non-hydrogen) atoms. The highest BCUT2D eigenvalue weighted by atomic mass is 19.1. The van der Waals surface area contributed by atoms with Crippen molar-refractivity contribution in [2.24, 2.45) is 56.2 Å². The number of halogens is 1. The van der Waals surface area contributed by atoms with Gasteiger partial charge in [0, 0.05) is 47.2 Å². The Kier molecular flexibility index (Phi) is 10.2. The predicted octanol–water partition coefficient (Wildman–Crippen LogP) is 12.1. The molecule has 4 fully saturated rings. The van der Waals surface area contributed by atoms with Crippen molar-refractivity contribution in [3.05, 3.63) is 77.7 Å². The average molecular weight is 729 g/mol. The van der Waals surface area contributed by atoms with Gasteiger partial charge in [-0.05, 0) is 128 Å². The number of amides is 1. The van der Waals surface area contributed by atoms with Gasteiger partial charge in [-0.1, -0.05) is 86.6 Å². The van der Waals surface area contributed by atoms with Crippen molar-refractivity contribution < 1.29 is 19.0 Å². The van der Waals surface area contributed by atoms with Crippen molar-refractivity contribution in [2.75, 3.05) is 12.4 Å². The van der Waals surface area contributed by atoms with E-state index < -0.39 is 5.41 Å². The minimum atomic E-state index is -0.467. The maximum Gasteiger partial charge on any atom is 0.250 e. The molecule has 6 heteroatoms. The Morgan fingerprint density at radius 1 is 0.981 bits per heavy atom. The second kappa shape index (κ2) is 13.6. The second-order valence-electron chi connectivity index (χ2n) is 20.0. The molecule has 0 heterocycles. The zero-order valence-electron chi connectivity index (χ0n) is 34.6. The first-order valence-corrected chi connectivity index (χ1v) is 20.6. The lowest BCUT2D eigenvalue weighted by atomic mass is 9.31. The van der Waals surface area contributed by atoms with E-state index in [2.05, 4.69) is 72.3 Å². The Morgan fingerprint density at radius 2 is 1.64 bits per heavy atom. The fraction of sp³-hybridized carbons (Fsp3) is 0.681. The molecule has 8 atom stereocenters. The second-order valence-corrected chi connectivity index (χ2v) is 20.0. The number of aliphatic hydroxyl groups excluding tert-OH is 1. The predicted molar refractivity (Wildman–Crippen MR) is 215 cm³/mol. The summed E-state index contributed by atoms with van der Waals surface area (Å²) in [5, 5.41) is 16.7. The van der Waals surface area contributed by atoms with E-state index in [1.165, 1.54) is 44.2 Å². The van der Waals surface area contributed by atoms with Gasteiger partial charge in [0.1, 0.15) is 11.9 Å². The van der Waals surface area contributed by atoms with Crippen LogP contribution in [-0.2, 0) is 9.53 Å². The lowest BCUT2D eigenvalue weighted by Gasteiger charge is -2.74. The molecule has 1 amide bonds. The number of anilines is 1. The summed E-state index contributed by atoms with van der Waals surface area (Å²) in [6.07, 6.45) is 13.8. The summed E-state index contributed by atoms with van der Waals surface area (Å²) >= 11 is 0. The molecule has 0 aliphatic heterocycles. The molecule has 0 aromatic heterocycles. The van der Waals surface area contributed by atoms with Crippen molar-refractivity contribution in [3.8, 4) is 0 Å². The van der Waals surface area contributed by atoms with Gasteiger partial charge in [-0.15, -0.1) is 0 Å². The SMILES string of the molecule is C=C(CC(C)(C)C(=C)O)OC1CCC2(C)C(CCC3(C)C4CCC5(/C(=C/C(=O)Nc6ccc(F)cc6)NC)CCC(C(C)C)=C5C4CCC32C)C1(C)C. The van der Waals surface area contributed by atoms with Gasteiger partial charge in [-0.2, -0.15) is 0 Å². The van der Waals surface area contributed by atoms with Crippen LogP contribution < -0.4 is 10.6 Å². The van der Waals surface area contributed by atoms with E-state index in [1.54, 1.807) is 29.4 Å². The first-order valence-electron chi connectivity index (χ1n) is 20.6. The summed E-state index contributed by atoms with van der Waals surface area (Å²) in [4.78, 5) is 13.5. The average Bonchev–Trinajstić information content (AvgIpc) is 3.48. The third-order valence-corrected chi connectivity index (χ3v) is 16.7. The Bertz CT molecular complexity index is 1690. The van der Waals surface area contributed by atoms with Gasteiger partial charge >= 0.3 is 0 Å². The molecule has 8 unspecified atom stereocenters. The summed E-state index contributed by atoms with van der Waals surface area (Å²) < 4.78 is 20.3. The van der Waals surface area contributed by atoms with Crippen LogP contribution in [0.2, 0.25) is 0 Å². The molecule has 1 aromatic carbocycles. The van der Waals surface area contributed by atoms with Crippen LogP contribution >= 0.6 is 0 Å². The number of nitrogens with one attached hydrogen (secondary N) is 2. The van der Waals surface area contributed by atoms with Gasteiger partial charge < -0.3 is 20.5 Å². The number of fused-ring (bicyclic) bond motifs is 7. The number of ether oxygens (including phenoxy) is 1. The Labute approximate surface area is 320 Å². The summed E-state index contributed by atoms with van der Waals surface area (Å²) in [7, 11) is 1.98. The van der Waals surface area contributed by atoms with Gasteiger partial charge in [-0.3, -0.25) is 4.79 Å². The summed E-state index contributed by atoms with van der Waals surface area (Å²) in [5.74, 6) is 2.56. The molecule has 5 aliphatic carbocycles. The standard InChI is InChI=1S/C47H69FN2O3/c1-29(2)34-18-25-47(38(49-12)27-40(52)50-33-15-13-32(48)14-16-33)26-19-36-35(41(34)47)17-24-46(11)44(36,9)22-20-37-43(7,8)39(21-23-45(37,46)10)53-30(3)28-42(5,6)31(4)51/h13-16,27,29,35-37,39,49,51H,3-4,17-26,28H2,1-2,5-12H3,(H,50,52)/b38-27-. The van der Waals surface area contributed by atoms with E-state index >= 15 is 0 Å². The van der Waals surface area contributed by atoms with E-state index in [1.807, 2.05) is 20.9 Å². The molecule has 0 saturated heterocycles. The molecule has 6 rings (SSSR count). The van der Waals surface area contributed by atoms with Gasteiger partial charge in [-0.25, -0.2) is 4.39 Å². The number of carbonyl (C=O) groups excluding carboxylic acids is 1. The molecule has 5 aliphatic rings. The zero-order chi connectivity index (χ0) is 38.9. The van der Waals surface area contributed by atoms with Crippen molar-refractivity contribution in [1.82, 2.24) is 5.32 Å². The van der Waals surface area contributed by atoms with Crippen LogP contribution in [0.15, 0.2) is 71.9 Å². The molecular formula is C47H69FN2O3. The summed E-state index contributed by atoms with van der Waals surface area (Å²) in [5.41, 5.74) is 4.84. The van der Waals surface area contributed by atoms with Gasteiger partial charge in [0.15, 0.2) is 0 Å². The third-order valence-electron chi connectivity index (χ3n) is 16.7. The van der Waals surface area contributed by atoms with Crippen LogP contribution in [0, 0.1) is 62.0 Å².